The van der Waals surface area contributed by atoms with E-state index in [1.807, 2.05) is 6.07 Å². The van der Waals surface area contributed by atoms with E-state index in [1.165, 1.54) is 11.1 Å². The maximum absolute atomic E-state index is 5.67. The minimum absolute atomic E-state index is 0.372. The van der Waals surface area contributed by atoms with E-state index in [1.54, 1.807) is 6.07 Å². The zero-order chi connectivity index (χ0) is 12.1. The van der Waals surface area contributed by atoms with E-state index in [4.69, 9.17) is 5.73 Å². The summed E-state index contributed by atoms with van der Waals surface area (Å²) in [5, 5.41) is 0. The quantitative estimate of drug-likeness (QED) is 0.680. The molecule has 4 heteroatoms. The van der Waals surface area contributed by atoms with E-state index in [9.17, 15) is 0 Å². The summed E-state index contributed by atoms with van der Waals surface area (Å²) in [5.74, 6) is 1.87. The second-order valence-corrected chi connectivity index (χ2v) is 4.68. The van der Waals surface area contributed by atoms with Gasteiger partial charge in [0.1, 0.15) is 11.6 Å². The Morgan fingerprint density at radius 1 is 1.11 bits per heavy atom. The van der Waals surface area contributed by atoms with E-state index in [-0.39, 0.29) is 0 Å². The minimum Gasteiger partial charge on any atom is -0.384 e. The number of nitrogens with zero attached hydrogens (tertiary/aromatic N) is 2. The van der Waals surface area contributed by atoms with E-state index >= 15 is 0 Å². The van der Waals surface area contributed by atoms with Gasteiger partial charge in [0.2, 0.25) is 0 Å². The number of imidazole rings is 1. The van der Waals surface area contributed by atoms with Crippen LogP contribution in [-0.4, -0.2) is 15.0 Å². The lowest BCUT2D eigenvalue weighted by Crippen LogP contribution is -2.19. The number of aromatic amines is 1. The van der Waals surface area contributed by atoms with Crippen molar-refractivity contribution in [3.63, 3.8) is 0 Å². The standard InChI is InChI=1S/C14H12N4/c15-12-6-5-11-14(17-12)18-13(16-11)10-7-8-3-1-2-4-9(8)10/h1-6,10H,7H2,(H3,15,16,17,18). The van der Waals surface area contributed by atoms with Crippen molar-refractivity contribution in [3.8, 4) is 0 Å². The molecule has 0 spiro atoms. The first kappa shape index (κ1) is 9.65. The molecule has 0 fully saturated rings. The highest BCUT2D eigenvalue weighted by Crippen LogP contribution is 2.38. The van der Waals surface area contributed by atoms with Gasteiger partial charge in [0.15, 0.2) is 5.65 Å². The van der Waals surface area contributed by atoms with Crippen molar-refractivity contribution in [2.45, 2.75) is 12.3 Å². The van der Waals surface area contributed by atoms with Crippen molar-refractivity contribution in [2.24, 2.45) is 0 Å². The Morgan fingerprint density at radius 3 is 2.89 bits per heavy atom. The van der Waals surface area contributed by atoms with Crippen molar-refractivity contribution in [3.05, 3.63) is 53.3 Å². The van der Waals surface area contributed by atoms with Gasteiger partial charge in [-0.25, -0.2) is 9.97 Å². The summed E-state index contributed by atoms with van der Waals surface area (Å²) in [5.41, 5.74) is 10.1. The van der Waals surface area contributed by atoms with Gasteiger partial charge in [-0.3, -0.25) is 0 Å². The van der Waals surface area contributed by atoms with Crippen LogP contribution in [0.3, 0.4) is 0 Å². The third-order valence-electron chi connectivity index (χ3n) is 3.57. The molecular formula is C14H12N4. The molecule has 0 radical (unpaired) electrons. The first-order valence-corrected chi connectivity index (χ1v) is 6.01. The van der Waals surface area contributed by atoms with Crippen LogP contribution in [0.5, 0.6) is 0 Å². The number of benzene rings is 1. The molecule has 18 heavy (non-hydrogen) atoms. The molecule has 0 amide bonds. The molecule has 2 heterocycles. The molecule has 88 valence electrons. The third-order valence-corrected chi connectivity index (χ3v) is 3.57. The molecule has 3 N–H and O–H groups in total. The molecule has 0 saturated heterocycles. The number of H-pyrrole nitrogens is 1. The van der Waals surface area contributed by atoms with Crippen molar-refractivity contribution in [1.82, 2.24) is 15.0 Å². The van der Waals surface area contributed by atoms with Gasteiger partial charge >= 0.3 is 0 Å². The molecule has 2 aromatic heterocycles. The first-order valence-electron chi connectivity index (χ1n) is 6.01. The fourth-order valence-electron chi connectivity index (χ4n) is 2.59. The maximum Gasteiger partial charge on any atom is 0.179 e. The van der Waals surface area contributed by atoms with Gasteiger partial charge in [0.05, 0.1) is 5.52 Å². The summed E-state index contributed by atoms with van der Waals surface area (Å²) in [6, 6.07) is 12.2. The summed E-state index contributed by atoms with van der Waals surface area (Å²) in [6.45, 7) is 0. The normalized spacial score (nSPS) is 17.4. The van der Waals surface area contributed by atoms with Crippen LogP contribution in [0.15, 0.2) is 36.4 Å². The lowest BCUT2D eigenvalue weighted by atomic mass is 9.77. The van der Waals surface area contributed by atoms with Crippen molar-refractivity contribution < 1.29 is 0 Å². The molecule has 1 aliphatic carbocycles. The van der Waals surface area contributed by atoms with Gasteiger partial charge in [0, 0.05) is 5.92 Å². The van der Waals surface area contributed by atoms with Crippen LogP contribution in [0, 0.1) is 0 Å². The van der Waals surface area contributed by atoms with Gasteiger partial charge < -0.3 is 10.7 Å². The first-order chi connectivity index (χ1) is 8.81. The maximum atomic E-state index is 5.67. The number of hydrogen-bond acceptors (Lipinski definition) is 3. The smallest absolute Gasteiger partial charge is 0.179 e. The monoisotopic (exact) mass is 236 g/mol. The number of fused-ring (bicyclic) bond motifs is 2. The SMILES string of the molecule is Nc1ccc2[nH]c(C3Cc4ccccc43)nc2n1. The van der Waals surface area contributed by atoms with Crippen LogP contribution >= 0.6 is 0 Å². The van der Waals surface area contributed by atoms with Crippen molar-refractivity contribution >= 4 is 17.0 Å². The van der Waals surface area contributed by atoms with Crippen LogP contribution < -0.4 is 5.73 Å². The number of aromatic nitrogens is 3. The van der Waals surface area contributed by atoms with Gasteiger partial charge in [-0.2, -0.15) is 0 Å². The van der Waals surface area contributed by atoms with Crippen LogP contribution in [0.2, 0.25) is 0 Å². The van der Waals surface area contributed by atoms with E-state index < -0.39 is 0 Å². The summed E-state index contributed by atoms with van der Waals surface area (Å²) in [6.07, 6.45) is 1.05. The zero-order valence-corrected chi connectivity index (χ0v) is 9.72. The summed E-state index contributed by atoms with van der Waals surface area (Å²) < 4.78 is 0. The van der Waals surface area contributed by atoms with E-state index in [0.717, 1.165) is 17.8 Å². The van der Waals surface area contributed by atoms with Gasteiger partial charge in [0.25, 0.3) is 0 Å². The molecule has 4 nitrogen and oxygen atoms in total. The number of rotatable bonds is 1. The average molecular weight is 236 g/mol. The number of hydrogen-bond donors (Lipinski definition) is 2. The Balaban J connectivity index is 1.81. The fraction of sp³-hybridized carbons (Fsp3) is 0.143. The van der Waals surface area contributed by atoms with Crippen molar-refractivity contribution in [1.29, 1.82) is 0 Å². The van der Waals surface area contributed by atoms with Gasteiger partial charge in [-0.05, 0) is 29.7 Å². The van der Waals surface area contributed by atoms with Crippen LogP contribution in [-0.2, 0) is 6.42 Å². The second kappa shape index (κ2) is 3.32. The molecule has 3 aromatic rings. The summed E-state index contributed by atoms with van der Waals surface area (Å²) in [4.78, 5) is 12.1. The molecule has 0 bridgehead atoms. The Kier molecular flexibility index (Phi) is 1.78. The minimum atomic E-state index is 0.372. The second-order valence-electron chi connectivity index (χ2n) is 4.68. The number of anilines is 1. The predicted molar refractivity (Wildman–Crippen MR) is 70.3 cm³/mol. The highest BCUT2D eigenvalue weighted by molar-refractivity contribution is 5.73. The molecule has 0 saturated carbocycles. The average Bonchev–Trinajstić information content (AvgIpc) is 2.73. The summed E-state index contributed by atoms with van der Waals surface area (Å²) in [7, 11) is 0. The van der Waals surface area contributed by atoms with Gasteiger partial charge in [-0.1, -0.05) is 24.3 Å². The molecular weight excluding hydrogens is 224 g/mol. The van der Waals surface area contributed by atoms with Gasteiger partial charge in [-0.15, -0.1) is 0 Å². The van der Waals surface area contributed by atoms with Crippen molar-refractivity contribution in [2.75, 3.05) is 5.73 Å². The highest BCUT2D eigenvalue weighted by Gasteiger charge is 2.29. The molecule has 0 aliphatic heterocycles. The molecule has 1 aromatic carbocycles. The lowest BCUT2D eigenvalue weighted by Gasteiger charge is -2.28. The molecule has 1 unspecified atom stereocenters. The number of nitrogens with two attached hydrogens (primary N) is 1. The molecule has 1 aliphatic rings. The largest absolute Gasteiger partial charge is 0.384 e. The fourth-order valence-corrected chi connectivity index (χ4v) is 2.59. The number of pyridine rings is 1. The Bertz CT molecular complexity index is 744. The van der Waals surface area contributed by atoms with Crippen LogP contribution in [0.1, 0.15) is 22.9 Å². The van der Waals surface area contributed by atoms with E-state index in [0.29, 0.717) is 17.4 Å². The Morgan fingerprint density at radius 2 is 2.00 bits per heavy atom. The van der Waals surface area contributed by atoms with Crippen LogP contribution in [0.25, 0.3) is 11.2 Å². The lowest BCUT2D eigenvalue weighted by molar-refractivity contribution is 0.671. The number of nitrogens with one attached hydrogen (secondary N) is 1. The predicted octanol–water partition coefficient (Wildman–Crippen LogP) is 2.23. The Hall–Kier alpha value is -2.36. The number of nitrogen functional groups attached to an aromatic ring is 1. The Labute approximate surface area is 104 Å². The highest BCUT2D eigenvalue weighted by atomic mass is 15.0. The van der Waals surface area contributed by atoms with E-state index in [2.05, 4.69) is 39.2 Å². The third kappa shape index (κ3) is 1.26. The molecule has 4 rings (SSSR count). The zero-order valence-electron chi connectivity index (χ0n) is 9.72. The topological polar surface area (TPSA) is 67.6 Å². The molecule has 1 atom stereocenters. The van der Waals surface area contributed by atoms with Crippen LogP contribution in [0.4, 0.5) is 5.82 Å². The summed E-state index contributed by atoms with van der Waals surface area (Å²) >= 11 is 0.